The Hall–Kier alpha value is -0.970. The fourth-order valence-electron chi connectivity index (χ4n) is 1.57. The second-order valence-electron chi connectivity index (χ2n) is 3.50. The van der Waals surface area contributed by atoms with Crippen molar-refractivity contribution in [1.82, 2.24) is 9.55 Å². The highest BCUT2D eigenvalue weighted by Crippen LogP contribution is 2.31. The van der Waals surface area contributed by atoms with E-state index < -0.39 is 0 Å². The predicted octanol–water partition coefficient (Wildman–Crippen LogP) is 1.66. The highest BCUT2D eigenvalue weighted by molar-refractivity contribution is 8.00. The number of carbonyl (C=O) groups excluding carboxylic acids is 1. The molecule has 0 N–H and O–H groups in total. The summed E-state index contributed by atoms with van der Waals surface area (Å²) >= 11 is 1.88. The number of esters is 1. The van der Waals surface area contributed by atoms with Crippen molar-refractivity contribution in [2.75, 3.05) is 18.1 Å². The summed E-state index contributed by atoms with van der Waals surface area (Å²) in [7, 11) is 0. The Morgan fingerprint density at radius 3 is 3.00 bits per heavy atom. The second-order valence-corrected chi connectivity index (χ2v) is 4.57. The highest BCUT2D eigenvalue weighted by atomic mass is 32.2. The van der Waals surface area contributed by atoms with Crippen molar-refractivity contribution >= 4 is 17.7 Å². The van der Waals surface area contributed by atoms with Crippen LogP contribution < -0.4 is 0 Å². The molecule has 5 heteroatoms. The van der Waals surface area contributed by atoms with Gasteiger partial charge in [0.15, 0.2) is 5.69 Å². The maximum Gasteiger partial charge on any atom is 0.356 e. The van der Waals surface area contributed by atoms with Crippen LogP contribution in [0.4, 0.5) is 0 Å². The van der Waals surface area contributed by atoms with Crippen molar-refractivity contribution in [3.8, 4) is 0 Å². The van der Waals surface area contributed by atoms with Crippen molar-refractivity contribution in [1.29, 1.82) is 0 Å². The molecule has 0 aromatic carbocycles. The zero-order valence-electron chi connectivity index (χ0n) is 8.90. The van der Waals surface area contributed by atoms with E-state index in [2.05, 4.69) is 4.98 Å². The van der Waals surface area contributed by atoms with Crippen LogP contribution in [0, 0.1) is 6.92 Å². The second kappa shape index (κ2) is 4.26. The topological polar surface area (TPSA) is 44.1 Å². The number of imidazole rings is 1. The van der Waals surface area contributed by atoms with Gasteiger partial charge < -0.3 is 9.30 Å². The lowest BCUT2D eigenvalue weighted by atomic mass is 10.3. The SMILES string of the molecule is CCOC(=O)c1c(C)ncn1C1CSC1. The van der Waals surface area contributed by atoms with Gasteiger partial charge in [0.05, 0.1) is 24.7 Å². The van der Waals surface area contributed by atoms with Crippen LogP contribution in [0.15, 0.2) is 6.33 Å². The molecule has 2 rings (SSSR count). The van der Waals surface area contributed by atoms with Gasteiger partial charge in [0, 0.05) is 11.5 Å². The molecule has 0 unspecified atom stereocenters. The number of thioether (sulfide) groups is 1. The normalized spacial score (nSPS) is 16.1. The van der Waals surface area contributed by atoms with E-state index in [1.54, 1.807) is 6.33 Å². The number of aryl methyl sites for hydroxylation is 1. The van der Waals surface area contributed by atoms with Crippen molar-refractivity contribution < 1.29 is 9.53 Å². The molecule has 2 heterocycles. The Kier molecular flexibility index (Phi) is 3.00. The van der Waals surface area contributed by atoms with E-state index in [4.69, 9.17) is 4.74 Å². The molecule has 82 valence electrons. The molecule has 0 radical (unpaired) electrons. The van der Waals surface area contributed by atoms with Crippen LogP contribution in [0.25, 0.3) is 0 Å². The average molecular weight is 226 g/mol. The third kappa shape index (κ3) is 1.88. The molecule has 1 aliphatic rings. The van der Waals surface area contributed by atoms with Crippen molar-refractivity contribution in [3.63, 3.8) is 0 Å². The Labute approximate surface area is 93.0 Å². The van der Waals surface area contributed by atoms with E-state index in [0.29, 0.717) is 18.3 Å². The van der Waals surface area contributed by atoms with Gasteiger partial charge in [-0.05, 0) is 13.8 Å². The van der Waals surface area contributed by atoms with E-state index in [1.807, 2.05) is 30.2 Å². The molecule has 1 aliphatic heterocycles. The van der Waals surface area contributed by atoms with E-state index in [1.165, 1.54) is 0 Å². The molecule has 0 bridgehead atoms. The number of ether oxygens (including phenoxy) is 1. The molecule has 1 fully saturated rings. The lowest BCUT2D eigenvalue weighted by Crippen LogP contribution is -2.26. The van der Waals surface area contributed by atoms with Crippen LogP contribution in [-0.4, -0.2) is 33.6 Å². The highest BCUT2D eigenvalue weighted by Gasteiger charge is 2.26. The fourth-order valence-corrected chi connectivity index (χ4v) is 2.34. The Bertz CT molecular complexity index is 371. The summed E-state index contributed by atoms with van der Waals surface area (Å²) in [6, 6.07) is 0.413. The van der Waals surface area contributed by atoms with Crippen LogP contribution in [0.5, 0.6) is 0 Å². The van der Waals surface area contributed by atoms with Crippen molar-refractivity contribution in [2.24, 2.45) is 0 Å². The minimum Gasteiger partial charge on any atom is -0.461 e. The number of nitrogens with zero attached hydrogens (tertiary/aromatic N) is 2. The van der Waals surface area contributed by atoms with Crippen LogP contribution in [0.2, 0.25) is 0 Å². The lowest BCUT2D eigenvalue weighted by Gasteiger charge is -2.27. The van der Waals surface area contributed by atoms with Gasteiger partial charge in [-0.3, -0.25) is 0 Å². The standard InChI is InChI=1S/C10H14N2O2S/c1-3-14-10(13)9-7(2)11-6-12(9)8-4-15-5-8/h6,8H,3-5H2,1-2H3. The average Bonchev–Trinajstić information content (AvgIpc) is 2.45. The summed E-state index contributed by atoms with van der Waals surface area (Å²) in [6.07, 6.45) is 1.74. The summed E-state index contributed by atoms with van der Waals surface area (Å²) < 4.78 is 6.97. The Balaban J connectivity index is 2.26. The van der Waals surface area contributed by atoms with E-state index in [9.17, 15) is 4.79 Å². The fraction of sp³-hybridized carbons (Fsp3) is 0.600. The number of carbonyl (C=O) groups is 1. The zero-order chi connectivity index (χ0) is 10.8. The molecule has 0 amide bonds. The number of aromatic nitrogens is 2. The van der Waals surface area contributed by atoms with E-state index in [0.717, 1.165) is 17.2 Å². The number of hydrogen-bond donors (Lipinski definition) is 0. The van der Waals surface area contributed by atoms with Gasteiger partial charge in [-0.25, -0.2) is 9.78 Å². The van der Waals surface area contributed by atoms with Gasteiger partial charge in [0.1, 0.15) is 0 Å². The van der Waals surface area contributed by atoms with Crippen molar-refractivity contribution in [3.05, 3.63) is 17.7 Å². The largest absolute Gasteiger partial charge is 0.461 e. The first-order valence-corrected chi connectivity index (χ1v) is 6.17. The third-order valence-electron chi connectivity index (χ3n) is 2.46. The molecule has 0 saturated carbocycles. The summed E-state index contributed by atoms with van der Waals surface area (Å²) in [4.78, 5) is 15.9. The molecule has 0 atom stereocenters. The van der Waals surface area contributed by atoms with Crippen LogP contribution in [0.3, 0.4) is 0 Å². The Morgan fingerprint density at radius 2 is 2.47 bits per heavy atom. The van der Waals surface area contributed by atoms with E-state index >= 15 is 0 Å². The lowest BCUT2D eigenvalue weighted by molar-refractivity contribution is 0.0511. The van der Waals surface area contributed by atoms with Gasteiger partial charge >= 0.3 is 5.97 Å². The van der Waals surface area contributed by atoms with Gasteiger partial charge in [-0.15, -0.1) is 0 Å². The van der Waals surface area contributed by atoms with Gasteiger partial charge in [-0.2, -0.15) is 11.8 Å². The molecule has 1 aromatic heterocycles. The summed E-state index contributed by atoms with van der Waals surface area (Å²) in [5.41, 5.74) is 1.37. The summed E-state index contributed by atoms with van der Waals surface area (Å²) in [5, 5.41) is 0. The van der Waals surface area contributed by atoms with Gasteiger partial charge in [-0.1, -0.05) is 0 Å². The van der Waals surface area contributed by atoms with Crippen molar-refractivity contribution in [2.45, 2.75) is 19.9 Å². The first kappa shape index (κ1) is 10.5. The molecule has 1 aromatic rings. The van der Waals surface area contributed by atoms with Crippen LogP contribution in [0.1, 0.15) is 29.1 Å². The zero-order valence-corrected chi connectivity index (χ0v) is 9.71. The maximum atomic E-state index is 11.7. The predicted molar refractivity (Wildman–Crippen MR) is 59.3 cm³/mol. The molecular formula is C10H14N2O2S. The van der Waals surface area contributed by atoms with Gasteiger partial charge in [0.2, 0.25) is 0 Å². The number of rotatable bonds is 3. The summed E-state index contributed by atoms with van der Waals surface area (Å²) in [5.74, 6) is 1.86. The maximum absolute atomic E-state index is 11.7. The minimum atomic E-state index is -0.260. The molecule has 15 heavy (non-hydrogen) atoms. The quantitative estimate of drug-likeness (QED) is 0.735. The monoisotopic (exact) mass is 226 g/mol. The third-order valence-corrected chi connectivity index (χ3v) is 3.70. The number of hydrogen-bond acceptors (Lipinski definition) is 4. The minimum absolute atomic E-state index is 0.260. The van der Waals surface area contributed by atoms with E-state index in [-0.39, 0.29) is 5.97 Å². The van der Waals surface area contributed by atoms with Gasteiger partial charge in [0.25, 0.3) is 0 Å². The Morgan fingerprint density at radius 1 is 1.73 bits per heavy atom. The molecule has 0 spiro atoms. The molecular weight excluding hydrogens is 212 g/mol. The molecule has 4 nitrogen and oxygen atoms in total. The van der Waals surface area contributed by atoms with Crippen LogP contribution in [-0.2, 0) is 4.74 Å². The smallest absolute Gasteiger partial charge is 0.356 e. The molecule has 1 saturated heterocycles. The van der Waals surface area contributed by atoms with Crippen LogP contribution >= 0.6 is 11.8 Å². The first-order chi connectivity index (χ1) is 7.24. The summed E-state index contributed by atoms with van der Waals surface area (Å²) in [6.45, 7) is 4.06. The molecule has 0 aliphatic carbocycles. The first-order valence-electron chi connectivity index (χ1n) is 5.02.